The largest absolute Gasteiger partial charge is 0.345 e. The Morgan fingerprint density at radius 3 is 2.55 bits per heavy atom. The molecule has 116 valence electrons. The van der Waals surface area contributed by atoms with Crippen LogP contribution in [0, 0.1) is 6.92 Å². The Bertz CT molecular complexity index is 647. The summed E-state index contributed by atoms with van der Waals surface area (Å²) in [5, 5.41) is 3.91. The number of aryl methyl sites for hydroxylation is 1. The Balaban J connectivity index is 1.71. The Labute approximate surface area is 134 Å². The van der Waals surface area contributed by atoms with Gasteiger partial charge in [-0.05, 0) is 26.1 Å². The molecule has 0 spiro atoms. The monoisotopic (exact) mass is 316 g/mol. The summed E-state index contributed by atoms with van der Waals surface area (Å²) in [6.45, 7) is 6.05. The first-order valence-electron chi connectivity index (χ1n) is 7.41. The zero-order valence-electron chi connectivity index (χ0n) is 12.9. The van der Waals surface area contributed by atoms with Gasteiger partial charge in [-0.15, -0.1) is 0 Å². The molecule has 5 nitrogen and oxygen atoms in total. The number of likely N-dealkylation sites (N-methyl/N-ethyl adjacent to an activating group) is 1. The van der Waals surface area contributed by atoms with E-state index in [1.165, 1.54) is 0 Å². The van der Waals surface area contributed by atoms with Gasteiger partial charge in [0.05, 0.1) is 0 Å². The van der Waals surface area contributed by atoms with Crippen LogP contribution in [0.4, 0.5) is 10.9 Å². The summed E-state index contributed by atoms with van der Waals surface area (Å²) in [5.74, 6) is 0.562. The third-order valence-corrected chi connectivity index (χ3v) is 4.86. The molecular weight excluding hydrogens is 296 g/mol. The van der Waals surface area contributed by atoms with Crippen molar-refractivity contribution in [2.45, 2.75) is 6.92 Å². The number of nitrogens with zero attached hydrogens (tertiary/aromatic N) is 3. The molecule has 1 amide bonds. The van der Waals surface area contributed by atoms with Crippen LogP contribution in [-0.2, 0) is 0 Å². The minimum atomic E-state index is -0.112. The lowest BCUT2D eigenvalue weighted by Gasteiger charge is -2.32. The number of carbonyl (C=O) groups excluding carboxylic acids is 1. The number of benzene rings is 1. The van der Waals surface area contributed by atoms with Gasteiger partial charge < -0.3 is 15.1 Å². The molecule has 2 aromatic rings. The molecule has 1 N–H and O–H groups in total. The van der Waals surface area contributed by atoms with Gasteiger partial charge in [0.25, 0.3) is 5.91 Å². The first-order chi connectivity index (χ1) is 10.6. The summed E-state index contributed by atoms with van der Waals surface area (Å²) in [4.78, 5) is 22.5. The van der Waals surface area contributed by atoms with E-state index in [1.807, 2.05) is 25.1 Å². The summed E-state index contributed by atoms with van der Waals surface area (Å²) < 4.78 is 0. The highest BCUT2D eigenvalue weighted by atomic mass is 32.1. The average molecular weight is 316 g/mol. The zero-order chi connectivity index (χ0) is 15.5. The molecule has 2 heterocycles. The molecule has 1 aliphatic heterocycles. The Kier molecular flexibility index (Phi) is 4.40. The van der Waals surface area contributed by atoms with E-state index in [0.717, 1.165) is 36.2 Å². The smallest absolute Gasteiger partial charge is 0.256 e. The summed E-state index contributed by atoms with van der Waals surface area (Å²) in [5.41, 5.74) is 0.649. The van der Waals surface area contributed by atoms with Crippen LogP contribution in [0.15, 0.2) is 30.3 Å². The number of aromatic nitrogens is 1. The van der Waals surface area contributed by atoms with Crippen molar-refractivity contribution in [2.75, 3.05) is 43.4 Å². The van der Waals surface area contributed by atoms with E-state index in [9.17, 15) is 4.79 Å². The summed E-state index contributed by atoms with van der Waals surface area (Å²) in [6.07, 6.45) is 0. The highest BCUT2D eigenvalue weighted by Gasteiger charge is 2.19. The molecule has 1 aromatic heterocycles. The number of rotatable bonds is 3. The van der Waals surface area contributed by atoms with Crippen molar-refractivity contribution < 1.29 is 4.79 Å². The number of piperazine rings is 1. The maximum atomic E-state index is 12.2. The maximum absolute atomic E-state index is 12.2. The van der Waals surface area contributed by atoms with Crippen LogP contribution in [0.3, 0.4) is 0 Å². The number of carbonyl (C=O) groups is 1. The van der Waals surface area contributed by atoms with Crippen molar-refractivity contribution in [2.24, 2.45) is 0 Å². The lowest BCUT2D eigenvalue weighted by atomic mass is 10.2. The molecule has 0 aliphatic carbocycles. The second-order valence-corrected chi connectivity index (χ2v) is 6.69. The van der Waals surface area contributed by atoms with Crippen LogP contribution in [0.25, 0.3) is 0 Å². The van der Waals surface area contributed by atoms with Gasteiger partial charge in [0.15, 0.2) is 5.13 Å². The van der Waals surface area contributed by atoms with Crippen LogP contribution >= 0.6 is 11.3 Å². The second-order valence-electron chi connectivity index (χ2n) is 5.51. The fraction of sp³-hybridized carbons (Fsp3) is 0.375. The molecule has 0 atom stereocenters. The van der Waals surface area contributed by atoms with Gasteiger partial charge in [-0.1, -0.05) is 29.5 Å². The summed E-state index contributed by atoms with van der Waals surface area (Å²) in [6, 6.07) is 9.23. The Morgan fingerprint density at radius 1 is 1.18 bits per heavy atom. The van der Waals surface area contributed by atoms with E-state index in [1.54, 1.807) is 23.5 Å². The third-order valence-electron chi connectivity index (χ3n) is 3.83. The SMILES string of the molecule is Cc1sc(N2CCN(C)CC2)nc1NC(=O)c1ccccc1. The topological polar surface area (TPSA) is 48.5 Å². The maximum Gasteiger partial charge on any atom is 0.256 e. The van der Waals surface area contributed by atoms with Crippen molar-refractivity contribution in [3.8, 4) is 0 Å². The van der Waals surface area contributed by atoms with Gasteiger partial charge in [0.1, 0.15) is 5.82 Å². The molecule has 3 rings (SSSR count). The molecular formula is C16H20N4OS. The van der Waals surface area contributed by atoms with E-state index in [0.29, 0.717) is 11.4 Å². The van der Waals surface area contributed by atoms with E-state index in [2.05, 4.69) is 27.1 Å². The lowest BCUT2D eigenvalue weighted by Crippen LogP contribution is -2.44. The lowest BCUT2D eigenvalue weighted by molar-refractivity contribution is 0.102. The molecule has 6 heteroatoms. The molecule has 0 bridgehead atoms. The first-order valence-corrected chi connectivity index (χ1v) is 8.22. The van der Waals surface area contributed by atoms with Crippen LogP contribution < -0.4 is 10.2 Å². The van der Waals surface area contributed by atoms with Gasteiger partial charge in [-0.2, -0.15) is 0 Å². The average Bonchev–Trinajstić information content (AvgIpc) is 2.90. The molecule has 0 saturated carbocycles. The predicted molar refractivity (Wildman–Crippen MR) is 91.0 cm³/mol. The van der Waals surface area contributed by atoms with Crippen LogP contribution in [0.5, 0.6) is 0 Å². The van der Waals surface area contributed by atoms with Gasteiger partial charge in [0, 0.05) is 36.6 Å². The van der Waals surface area contributed by atoms with Crippen molar-refractivity contribution in [1.29, 1.82) is 0 Å². The normalized spacial score (nSPS) is 15.8. The summed E-state index contributed by atoms with van der Waals surface area (Å²) >= 11 is 1.64. The van der Waals surface area contributed by atoms with Crippen LogP contribution in [-0.4, -0.2) is 49.0 Å². The molecule has 1 aromatic carbocycles. The van der Waals surface area contributed by atoms with Crippen molar-refractivity contribution in [3.05, 3.63) is 40.8 Å². The molecule has 22 heavy (non-hydrogen) atoms. The van der Waals surface area contributed by atoms with Gasteiger partial charge in [-0.25, -0.2) is 4.98 Å². The van der Waals surface area contributed by atoms with E-state index in [-0.39, 0.29) is 5.91 Å². The van der Waals surface area contributed by atoms with E-state index >= 15 is 0 Å². The van der Waals surface area contributed by atoms with E-state index in [4.69, 9.17) is 0 Å². The number of amides is 1. The predicted octanol–water partition coefficient (Wildman–Crippen LogP) is 2.46. The highest BCUT2D eigenvalue weighted by Crippen LogP contribution is 2.29. The Morgan fingerprint density at radius 2 is 1.86 bits per heavy atom. The second kappa shape index (κ2) is 6.46. The van der Waals surface area contributed by atoms with Crippen molar-refractivity contribution >= 4 is 28.2 Å². The minimum Gasteiger partial charge on any atom is -0.345 e. The van der Waals surface area contributed by atoms with Crippen molar-refractivity contribution in [1.82, 2.24) is 9.88 Å². The highest BCUT2D eigenvalue weighted by molar-refractivity contribution is 7.16. The standard InChI is InChI=1S/C16H20N4OS/c1-12-14(17-15(21)13-6-4-3-5-7-13)18-16(22-12)20-10-8-19(2)9-11-20/h3-7H,8-11H2,1-2H3,(H,17,21). The Hall–Kier alpha value is -1.92. The van der Waals surface area contributed by atoms with Crippen LogP contribution in [0.1, 0.15) is 15.2 Å². The number of hydrogen-bond acceptors (Lipinski definition) is 5. The third kappa shape index (κ3) is 3.28. The number of nitrogens with one attached hydrogen (secondary N) is 1. The van der Waals surface area contributed by atoms with Crippen molar-refractivity contribution in [3.63, 3.8) is 0 Å². The number of thiazole rings is 1. The van der Waals surface area contributed by atoms with Gasteiger partial charge in [-0.3, -0.25) is 4.79 Å². The minimum absolute atomic E-state index is 0.112. The molecule has 1 saturated heterocycles. The van der Waals surface area contributed by atoms with Crippen LogP contribution in [0.2, 0.25) is 0 Å². The molecule has 0 unspecified atom stereocenters. The fourth-order valence-electron chi connectivity index (χ4n) is 2.40. The number of anilines is 2. The molecule has 1 aliphatic rings. The zero-order valence-corrected chi connectivity index (χ0v) is 13.7. The summed E-state index contributed by atoms with van der Waals surface area (Å²) in [7, 11) is 2.13. The molecule has 1 fully saturated rings. The van der Waals surface area contributed by atoms with Gasteiger partial charge in [0.2, 0.25) is 0 Å². The van der Waals surface area contributed by atoms with Gasteiger partial charge >= 0.3 is 0 Å². The van der Waals surface area contributed by atoms with E-state index < -0.39 is 0 Å². The molecule has 0 radical (unpaired) electrons. The first kappa shape index (κ1) is 15.0. The quantitative estimate of drug-likeness (QED) is 0.945. The number of hydrogen-bond donors (Lipinski definition) is 1. The fourth-order valence-corrected chi connectivity index (χ4v) is 3.32.